The number of rotatable bonds is 6. The second kappa shape index (κ2) is 7.78. The van der Waals surface area contributed by atoms with Crippen molar-refractivity contribution in [2.24, 2.45) is 0 Å². The number of hydrogen-bond donors (Lipinski definition) is 0. The zero-order chi connectivity index (χ0) is 14.4. The molecule has 104 valence electrons. The van der Waals surface area contributed by atoms with E-state index in [9.17, 15) is 9.59 Å². The van der Waals surface area contributed by atoms with Crippen LogP contribution in [0.15, 0.2) is 18.2 Å². The monoisotopic (exact) mass is 320 g/mol. The molecule has 3 nitrogen and oxygen atoms in total. The van der Waals surface area contributed by atoms with Crippen molar-refractivity contribution in [2.45, 2.75) is 18.6 Å². The minimum atomic E-state index is -0.501. The van der Waals surface area contributed by atoms with E-state index in [1.54, 1.807) is 18.2 Å². The third-order valence-corrected chi connectivity index (χ3v) is 4.38. The van der Waals surface area contributed by atoms with Crippen LogP contribution in [0.2, 0.25) is 10.0 Å². The molecule has 0 aliphatic rings. The van der Waals surface area contributed by atoms with Crippen LogP contribution >= 0.6 is 35.0 Å². The van der Waals surface area contributed by atoms with E-state index in [1.807, 2.05) is 0 Å². The fourth-order valence-electron chi connectivity index (χ4n) is 1.40. The number of carbonyl (C=O) groups is 2. The lowest BCUT2D eigenvalue weighted by molar-refractivity contribution is -0.140. The first kappa shape index (κ1) is 16.3. The van der Waals surface area contributed by atoms with E-state index in [-0.39, 0.29) is 11.8 Å². The van der Waals surface area contributed by atoms with Gasteiger partial charge in [0.1, 0.15) is 11.0 Å². The van der Waals surface area contributed by atoms with E-state index >= 15 is 0 Å². The first-order valence-electron chi connectivity index (χ1n) is 5.59. The summed E-state index contributed by atoms with van der Waals surface area (Å²) in [7, 11) is 1.33. The predicted octanol–water partition coefficient (Wildman–Crippen LogP) is 3.92. The second-order valence-electron chi connectivity index (χ2n) is 3.90. The summed E-state index contributed by atoms with van der Waals surface area (Å²) in [4.78, 5) is 22.7. The number of thioether (sulfide) groups is 1. The highest BCUT2D eigenvalue weighted by Gasteiger charge is 2.22. The molecule has 6 heteroatoms. The lowest BCUT2D eigenvalue weighted by atomic mass is 10.1. The van der Waals surface area contributed by atoms with Gasteiger partial charge in [0.25, 0.3) is 0 Å². The number of esters is 1. The molecule has 0 fully saturated rings. The van der Waals surface area contributed by atoms with Crippen molar-refractivity contribution in [1.29, 1.82) is 0 Å². The first-order valence-corrected chi connectivity index (χ1v) is 7.40. The summed E-state index contributed by atoms with van der Waals surface area (Å²) in [5.74, 6) is 0.271. The van der Waals surface area contributed by atoms with Gasteiger partial charge in [-0.1, -0.05) is 29.3 Å². The lowest BCUT2D eigenvalue weighted by Gasteiger charge is -2.15. The van der Waals surface area contributed by atoms with Crippen molar-refractivity contribution in [1.82, 2.24) is 0 Å². The fraction of sp³-hybridized carbons (Fsp3) is 0.385. The van der Waals surface area contributed by atoms with Gasteiger partial charge in [-0.3, -0.25) is 9.59 Å². The van der Waals surface area contributed by atoms with Crippen molar-refractivity contribution >= 4 is 46.7 Å². The molecule has 1 aromatic carbocycles. The molecule has 1 unspecified atom stereocenters. The van der Waals surface area contributed by atoms with Crippen LogP contribution in [0.4, 0.5) is 0 Å². The third kappa shape index (κ3) is 5.05. The molecule has 0 N–H and O–H groups in total. The van der Waals surface area contributed by atoms with Gasteiger partial charge in [0, 0.05) is 12.2 Å². The largest absolute Gasteiger partial charge is 0.468 e. The second-order valence-corrected chi connectivity index (χ2v) is 5.93. The number of hydrogen-bond acceptors (Lipinski definition) is 4. The SMILES string of the molecule is COC(=O)C(SCCC(C)=O)c1ccc(Cl)c(Cl)c1. The quantitative estimate of drug-likeness (QED) is 0.745. The summed E-state index contributed by atoms with van der Waals surface area (Å²) < 4.78 is 4.77. The summed E-state index contributed by atoms with van der Waals surface area (Å²) >= 11 is 13.1. The van der Waals surface area contributed by atoms with Crippen molar-refractivity contribution in [3.05, 3.63) is 33.8 Å². The molecule has 1 rings (SSSR count). The van der Waals surface area contributed by atoms with Crippen LogP contribution in [-0.2, 0) is 14.3 Å². The molecule has 0 aliphatic carbocycles. The van der Waals surface area contributed by atoms with Crippen LogP contribution in [0, 0.1) is 0 Å². The Morgan fingerprint density at radius 1 is 1.32 bits per heavy atom. The molecular formula is C13H14Cl2O3S. The Bertz CT molecular complexity index is 477. The molecule has 0 saturated heterocycles. The van der Waals surface area contributed by atoms with E-state index in [1.165, 1.54) is 25.8 Å². The maximum Gasteiger partial charge on any atom is 0.323 e. The number of carbonyl (C=O) groups excluding carboxylic acids is 2. The Morgan fingerprint density at radius 2 is 2.00 bits per heavy atom. The number of methoxy groups -OCH3 is 1. The van der Waals surface area contributed by atoms with Gasteiger partial charge in [0.15, 0.2) is 0 Å². The Labute approximate surface area is 126 Å². The normalized spacial score (nSPS) is 12.0. The molecule has 0 aliphatic heterocycles. The average Bonchev–Trinajstić information content (AvgIpc) is 2.37. The highest BCUT2D eigenvalue weighted by Crippen LogP contribution is 2.34. The smallest absolute Gasteiger partial charge is 0.323 e. The van der Waals surface area contributed by atoms with Gasteiger partial charge >= 0.3 is 5.97 Å². The Balaban J connectivity index is 2.86. The van der Waals surface area contributed by atoms with Crippen LogP contribution < -0.4 is 0 Å². The Kier molecular flexibility index (Phi) is 6.69. The summed E-state index contributed by atoms with van der Waals surface area (Å²) in [6.45, 7) is 1.52. The molecule has 0 aromatic heterocycles. The van der Waals surface area contributed by atoms with Crippen LogP contribution in [0.25, 0.3) is 0 Å². The highest BCUT2D eigenvalue weighted by atomic mass is 35.5. The van der Waals surface area contributed by atoms with E-state index in [0.717, 1.165) is 5.56 Å². The van der Waals surface area contributed by atoms with Gasteiger partial charge in [0.2, 0.25) is 0 Å². The third-order valence-electron chi connectivity index (χ3n) is 2.40. The summed E-state index contributed by atoms with van der Waals surface area (Å²) in [6.07, 6.45) is 0.416. The van der Waals surface area contributed by atoms with Crippen LogP contribution in [0.1, 0.15) is 24.2 Å². The van der Waals surface area contributed by atoms with Gasteiger partial charge in [-0.05, 0) is 24.6 Å². The van der Waals surface area contributed by atoms with Gasteiger partial charge in [-0.25, -0.2) is 0 Å². The topological polar surface area (TPSA) is 43.4 Å². The van der Waals surface area contributed by atoms with E-state index in [2.05, 4.69) is 0 Å². The van der Waals surface area contributed by atoms with E-state index in [4.69, 9.17) is 27.9 Å². The highest BCUT2D eigenvalue weighted by molar-refractivity contribution is 8.00. The first-order chi connectivity index (χ1) is 8.95. The zero-order valence-corrected chi connectivity index (χ0v) is 12.9. The lowest BCUT2D eigenvalue weighted by Crippen LogP contribution is -2.12. The predicted molar refractivity (Wildman–Crippen MR) is 79.0 cm³/mol. The van der Waals surface area contributed by atoms with Crippen LogP contribution in [0.5, 0.6) is 0 Å². The molecule has 0 spiro atoms. The van der Waals surface area contributed by atoms with Gasteiger partial charge in [-0.2, -0.15) is 0 Å². The molecule has 0 saturated carbocycles. The van der Waals surface area contributed by atoms with Crippen molar-refractivity contribution in [2.75, 3.05) is 12.9 Å². The van der Waals surface area contributed by atoms with E-state index in [0.29, 0.717) is 22.2 Å². The van der Waals surface area contributed by atoms with Gasteiger partial charge in [0.05, 0.1) is 17.2 Å². The van der Waals surface area contributed by atoms with Gasteiger partial charge < -0.3 is 4.74 Å². The Hall–Kier alpha value is -0.710. The molecule has 0 amide bonds. The summed E-state index contributed by atoms with van der Waals surface area (Å²) in [6, 6.07) is 5.02. The number of halogens is 2. The standard InChI is InChI=1S/C13H14Cl2O3S/c1-8(16)5-6-19-12(13(17)18-2)9-3-4-10(14)11(15)7-9/h3-4,7,12H,5-6H2,1-2H3. The summed E-state index contributed by atoms with van der Waals surface area (Å²) in [5.41, 5.74) is 0.717. The minimum Gasteiger partial charge on any atom is -0.468 e. The number of benzene rings is 1. The van der Waals surface area contributed by atoms with Crippen molar-refractivity contribution in [3.63, 3.8) is 0 Å². The molecule has 1 aromatic rings. The van der Waals surface area contributed by atoms with Crippen molar-refractivity contribution < 1.29 is 14.3 Å². The maximum absolute atomic E-state index is 11.8. The number of ketones is 1. The average molecular weight is 321 g/mol. The fourth-order valence-corrected chi connectivity index (χ4v) is 2.92. The number of Topliss-reactive ketones (excluding diaryl/α,β-unsaturated/α-hetero) is 1. The molecule has 19 heavy (non-hydrogen) atoms. The molecule has 1 atom stereocenters. The zero-order valence-electron chi connectivity index (χ0n) is 10.6. The molecular weight excluding hydrogens is 307 g/mol. The Morgan fingerprint density at radius 3 is 2.53 bits per heavy atom. The maximum atomic E-state index is 11.8. The van der Waals surface area contributed by atoms with Gasteiger partial charge in [-0.15, -0.1) is 11.8 Å². The number of ether oxygens (including phenoxy) is 1. The molecule has 0 radical (unpaired) electrons. The van der Waals surface area contributed by atoms with E-state index < -0.39 is 5.25 Å². The van der Waals surface area contributed by atoms with Crippen LogP contribution in [-0.4, -0.2) is 24.6 Å². The van der Waals surface area contributed by atoms with Crippen molar-refractivity contribution in [3.8, 4) is 0 Å². The van der Waals surface area contributed by atoms with Crippen LogP contribution in [0.3, 0.4) is 0 Å². The molecule has 0 bridgehead atoms. The minimum absolute atomic E-state index is 0.0882. The molecule has 0 heterocycles. The summed E-state index contributed by atoms with van der Waals surface area (Å²) in [5, 5.41) is 0.321.